The minimum Gasteiger partial charge on any atom is -0.478 e. The van der Waals surface area contributed by atoms with Gasteiger partial charge in [-0.15, -0.1) is 0 Å². The summed E-state index contributed by atoms with van der Waals surface area (Å²) in [6.07, 6.45) is 1.07. The van der Waals surface area contributed by atoms with E-state index in [1.165, 1.54) is 17.1 Å². The second-order valence-electron chi connectivity index (χ2n) is 5.94. The van der Waals surface area contributed by atoms with Crippen LogP contribution in [0.15, 0.2) is 12.5 Å². The Morgan fingerprint density at radius 2 is 2.22 bits per heavy atom. The van der Waals surface area contributed by atoms with Crippen LogP contribution in [0.5, 0.6) is 0 Å². The molecule has 5 N–H and O–H groups in total. The number of hydrogen-bond acceptors (Lipinski definition) is 7. The maximum atomic E-state index is 11.5. The van der Waals surface area contributed by atoms with Crippen molar-refractivity contribution in [2.75, 3.05) is 12.3 Å². The second-order valence-corrected chi connectivity index (χ2v) is 5.94. The predicted octanol–water partition coefficient (Wildman–Crippen LogP) is -0.0115. The molecule has 2 aromatic rings. The lowest BCUT2D eigenvalue weighted by Crippen LogP contribution is -2.38. The molecule has 0 aliphatic carbocycles. The van der Waals surface area contributed by atoms with E-state index in [1.54, 1.807) is 13.8 Å². The number of carbonyl (C=O) groups is 1. The van der Waals surface area contributed by atoms with Gasteiger partial charge >= 0.3 is 5.97 Å². The van der Waals surface area contributed by atoms with Gasteiger partial charge in [0, 0.05) is 12.1 Å². The van der Waals surface area contributed by atoms with Crippen molar-refractivity contribution in [3.05, 3.63) is 18.1 Å². The first-order chi connectivity index (χ1) is 10.8. The number of ether oxygens (including phenoxy) is 1. The Balaban J connectivity index is 2.21. The Morgan fingerprint density at radius 3 is 2.78 bits per heavy atom. The molecule has 0 spiro atoms. The molecule has 23 heavy (non-hydrogen) atoms. The number of fused-ring (bicyclic) bond motifs is 1. The topological polar surface area (TPSA) is 144 Å². The van der Waals surface area contributed by atoms with Gasteiger partial charge in [0.25, 0.3) is 0 Å². The fraction of sp³-hybridized carbons (Fsp3) is 0.500. The van der Waals surface area contributed by atoms with E-state index in [0.717, 1.165) is 0 Å². The van der Waals surface area contributed by atoms with Crippen LogP contribution in [-0.2, 0) is 4.74 Å². The first-order valence-corrected chi connectivity index (χ1v) is 7.12. The lowest BCUT2D eigenvalue weighted by molar-refractivity contribution is -0.0874. The second kappa shape index (κ2) is 5.15. The van der Waals surface area contributed by atoms with Crippen molar-refractivity contribution in [2.24, 2.45) is 5.92 Å². The Bertz CT molecular complexity index is 772. The summed E-state index contributed by atoms with van der Waals surface area (Å²) in [4.78, 5) is 19.4. The standard InChI is InChI=1S/C14H18N4O5/c1-6-8(4-19)23-13(14(6,2)22)18-3-7(12(20)21)9-10(15)16-5-17-11(9)18/h3,5-6,8,13,19,22H,4H2,1-2H3,(H,20,21)(H2,15,16,17)/t6-,8?,13?,14?/m1/s1. The number of aliphatic hydroxyl groups excluding tert-OH is 1. The van der Waals surface area contributed by atoms with Crippen LogP contribution in [0.25, 0.3) is 11.0 Å². The van der Waals surface area contributed by atoms with Crippen LogP contribution in [0, 0.1) is 5.92 Å². The Labute approximate surface area is 131 Å². The third kappa shape index (κ3) is 2.16. The molecule has 1 saturated heterocycles. The highest BCUT2D eigenvalue weighted by molar-refractivity contribution is 6.06. The van der Waals surface area contributed by atoms with E-state index < -0.39 is 23.9 Å². The van der Waals surface area contributed by atoms with Gasteiger partial charge < -0.3 is 30.4 Å². The van der Waals surface area contributed by atoms with Gasteiger partial charge in [0.05, 0.1) is 23.7 Å². The van der Waals surface area contributed by atoms with Crippen molar-refractivity contribution in [1.82, 2.24) is 14.5 Å². The number of rotatable bonds is 3. The van der Waals surface area contributed by atoms with Crippen LogP contribution in [-0.4, -0.2) is 54.1 Å². The molecule has 0 radical (unpaired) electrons. The van der Waals surface area contributed by atoms with Crippen LogP contribution in [0.1, 0.15) is 30.4 Å². The Kier molecular flexibility index (Phi) is 3.51. The van der Waals surface area contributed by atoms with E-state index in [4.69, 9.17) is 10.5 Å². The predicted molar refractivity (Wildman–Crippen MR) is 79.7 cm³/mol. The van der Waals surface area contributed by atoms with Crippen molar-refractivity contribution < 1.29 is 24.9 Å². The summed E-state index contributed by atoms with van der Waals surface area (Å²) in [5.74, 6) is -1.50. The summed E-state index contributed by atoms with van der Waals surface area (Å²) in [5, 5.41) is 29.7. The number of carboxylic acids is 1. The molecule has 3 rings (SSSR count). The zero-order chi connectivity index (χ0) is 16.9. The minimum atomic E-state index is -1.32. The maximum Gasteiger partial charge on any atom is 0.338 e. The molecule has 0 amide bonds. The molecule has 1 fully saturated rings. The molecule has 0 bridgehead atoms. The number of nitrogens with two attached hydrogens (primary N) is 1. The van der Waals surface area contributed by atoms with E-state index in [9.17, 15) is 20.1 Å². The van der Waals surface area contributed by atoms with Gasteiger partial charge in [0.15, 0.2) is 6.23 Å². The van der Waals surface area contributed by atoms with E-state index >= 15 is 0 Å². The van der Waals surface area contributed by atoms with Crippen molar-refractivity contribution in [2.45, 2.75) is 31.8 Å². The molecule has 0 aromatic carbocycles. The molecule has 1 aliphatic rings. The van der Waals surface area contributed by atoms with Crippen molar-refractivity contribution in [3.63, 3.8) is 0 Å². The summed E-state index contributed by atoms with van der Waals surface area (Å²) < 4.78 is 7.17. The number of aliphatic hydroxyl groups is 2. The Hall–Kier alpha value is -2.23. The monoisotopic (exact) mass is 322 g/mol. The fourth-order valence-corrected chi connectivity index (χ4v) is 3.02. The molecule has 1 aliphatic heterocycles. The van der Waals surface area contributed by atoms with Gasteiger partial charge in [-0.3, -0.25) is 0 Å². The lowest BCUT2D eigenvalue weighted by Gasteiger charge is -2.28. The van der Waals surface area contributed by atoms with E-state index in [-0.39, 0.29) is 34.9 Å². The zero-order valence-corrected chi connectivity index (χ0v) is 12.7. The van der Waals surface area contributed by atoms with E-state index in [2.05, 4.69) is 9.97 Å². The molecule has 9 heteroatoms. The number of carboxylic acid groups (broad SMARTS) is 1. The van der Waals surface area contributed by atoms with Gasteiger partial charge in [-0.05, 0) is 6.92 Å². The molecule has 9 nitrogen and oxygen atoms in total. The molecule has 0 saturated carbocycles. The van der Waals surface area contributed by atoms with Gasteiger partial charge in [0.1, 0.15) is 23.4 Å². The van der Waals surface area contributed by atoms with Crippen molar-refractivity contribution >= 4 is 22.8 Å². The maximum absolute atomic E-state index is 11.5. The molecule has 124 valence electrons. The molecule has 3 unspecified atom stereocenters. The van der Waals surface area contributed by atoms with Gasteiger partial charge in [-0.25, -0.2) is 14.8 Å². The third-order valence-corrected chi connectivity index (χ3v) is 4.58. The number of aromatic nitrogens is 3. The van der Waals surface area contributed by atoms with Gasteiger partial charge in [-0.2, -0.15) is 0 Å². The Morgan fingerprint density at radius 1 is 1.52 bits per heavy atom. The third-order valence-electron chi connectivity index (χ3n) is 4.58. The number of hydrogen-bond donors (Lipinski definition) is 4. The molecular weight excluding hydrogens is 304 g/mol. The van der Waals surface area contributed by atoms with Gasteiger partial charge in [0.2, 0.25) is 0 Å². The minimum absolute atomic E-state index is 0.0375. The van der Waals surface area contributed by atoms with Gasteiger partial charge in [-0.1, -0.05) is 6.92 Å². The quantitative estimate of drug-likeness (QED) is 0.617. The number of nitrogen functional groups attached to an aromatic ring is 1. The first-order valence-electron chi connectivity index (χ1n) is 7.12. The molecule has 4 atom stereocenters. The van der Waals surface area contributed by atoms with Crippen LogP contribution in [0.2, 0.25) is 0 Å². The van der Waals surface area contributed by atoms with E-state index in [0.29, 0.717) is 0 Å². The van der Waals surface area contributed by atoms with Crippen LogP contribution in [0.3, 0.4) is 0 Å². The zero-order valence-electron chi connectivity index (χ0n) is 12.7. The van der Waals surface area contributed by atoms with Crippen molar-refractivity contribution in [1.29, 1.82) is 0 Å². The smallest absolute Gasteiger partial charge is 0.338 e. The summed E-state index contributed by atoms with van der Waals surface area (Å²) >= 11 is 0. The molecule has 2 aromatic heterocycles. The van der Waals surface area contributed by atoms with Crippen molar-refractivity contribution in [3.8, 4) is 0 Å². The highest BCUT2D eigenvalue weighted by Gasteiger charge is 2.51. The molecule has 3 heterocycles. The SMILES string of the molecule is C[C@@H]1C(CO)OC(n2cc(C(=O)O)c3c(N)ncnc32)C1(C)O. The van der Waals surface area contributed by atoms with E-state index in [1.807, 2.05) is 0 Å². The van der Waals surface area contributed by atoms with Crippen LogP contribution in [0.4, 0.5) is 5.82 Å². The number of nitrogens with zero attached hydrogens (tertiary/aromatic N) is 3. The number of anilines is 1. The summed E-state index contributed by atoms with van der Waals surface area (Å²) in [7, 11) is 0. The highest BCUT2D eigenvalue weighted by atomic mass is 16.5. The van der Waals surface area contributed by atoms with Crippen LogP contribution < -0.4 is 5.73 Å². The largest absolute Gasteiger partial charge is 0.478 e. The molecular formula is C14H18N4O5. The average molecular weight is 322 g/mol. The number of aromatic carboxylic acids is 1. The summed E-state index contributed by atoms with van der Waals surface area (Å²) in [6.45, 7) is 3.08. The van der Waals surface area contributed by atoms with Crippen LogP contribution >= 0.6 is 0 Å². The first kappa shape index (κ1) is 15.7. The normalized spacial score (nSPS) is 30.9. The fourth-order valence-electron chi connectivity index (χ4n) is 3.02. The average Bonchev–Trinajstić information content (AvgIpc) is 2.97. The lowest BCUT2D eigenvalue weighted by atomic mass is 9.88. The highest BCUT2D eigenvalue weighted by Crippen LogP contribution is 2.44. The summed E-state index contributed by atoms with van der Waals surface area (Å²) in [6, 6.07) is 0. The summed E-state index contributed by atoms with van der Waals surface area (Å²) in [5.41, 5.74) is 4.64.